The summed E-state index contributed by atoms with van der Waals surface area (Å²) in [6.45, 7) is 0. The molecule has 0 bridgehead atoms. The van der Waals surface area contributed by atoms with E-state index in [1.807, 2.05) is 12.1 Å². The Hall–Kier alpha value is -3.74. The predicted octanol–water partition coefficient (Wildman–Crippen LogP) is 5.75. The fraction of sp³-hybridized carbons (Fsp3) is 0. The van der Waals surface area contributed by atoms with Crippen molar-refractivity contribution < 1.29 is 10.2 Å². The van der Waals surface area contributed by atoms with Crippen LogP contribution in [0.25, 0.3) is 22.3 Å². The Bertz CT molecular complexity index is 1080. The van der Waals surface area contributed by atoms with Crippen molar-refractivity contribution in [3.63, 3.8) is 0 Å². The van der Waals surface area contributed by atoms with Crippen molar-refractivity contribution in [2.24, 2.45) is 0 Å². The molecule has 0 unspecified atom stereocenters. The van der Waals surface area contributed by atoms with Crippen molar-refractivity contribution >= 4 is 46.0 Å². The molecule has 0 aliphatic carbocycles. The molecule has 0 fully saturated rings. The predicted molar refractivity (Wildman–Crippen MR) is 135 cm³/mol. The van der Waals surface area contributed by atoms with Gasteiger partial charge in [-0.25, -0.2) is 0 Å². The Morgan fingerprint density at radius 1 is 0.438 bits per heavy atom. The van der Waals surface area contributed by atoms with Gasteiger partial charge in [0.25, 0.3) is 0 Å². The van der Waals surface area contributed by atoms with Crippen LogP contribution >= 0.6 is 23.2 Å². The first-order chi connectivity index (χ1) is 15.2. The van der Waals surface area contributed by atoms with Gasteiger partial charge < -0.3 is 33.1 Å². The monoisotopic (exact) mass is 468 g/mol. The van der Waals surface area contributed by atoms with Gasteiger partial charge in [0.2, 0.25) is 0 Å². The first kappa shape index (κ1) is 22.9. The highest BCUT2D eigenvalue weighted by Crippen LogP contribution is 2.32. The van der Waals surface area contributed by atoms with Gasteiger partial charge in [-0.15, -0.1) is 0 Å². The Morgan fingerprint density at radius 3 is 1.00 bits per heavy atom. The van der Waals surface area contributed by atoms with Crippen molar-refractivity contribution in [2.45, 2.75) is 0 Å². The van der Waals surface area contributed by atoms with E-state index in [2.05, 4.69) is 0 Å². The second kappa shape index (κ2) is 9.60. The Balaban J connectivity index is 0.000000181. The maximum Gasteiger partial charge on any atom is 0.139 e. The summed E-state index contributed by atoms with van der Waals surface area (Å²) in [4.78, 5) is 0. The summed E-state index contributed by atoms with van der Waals surface area (Å²) >= 11 is 11.9. The van der Waals surface area contributed by atoms with Crippen LogP contribution in [0.4, 0.5) is 22.7 Å². The minimum atomic E-state index is 0.0221. The number of rotatable bonds is 2. The van der Waals surface area contributed by atoms with Gasteiger partial charge in [-0.05, 0) is 70.8 Å². The number of nitrogens with two attached hydrogens (primary N) is 4. The molecule has 8 heteroatoms. The number of benzene rings is 4. The molecule has 0 saturated carbocycles. The molecule has 0 heterocycles. The van der Waals surface area contributed by atoms with Crippen LogP contribution in [0.3, 0.4) is 0 Å². The minimum Gasteiger partial charge on any atom is -0.506 e. The van der Waals surface area contributed by atoms with E-state index in [9.17, 15) is 10.2 Å². The van der Waals surface area contributed by atoms with Gasteiger partial charge in [-0.1, -0.05) is 47.5 Å². The van der Waals surface area contributed by atoms with E-state index in [-0.39, 0.29) is 11.5 Å². The van der Waals surface area contributed by atoms with Gasteiger partial charge >= 0.3 is 0 Å². The molecule has 0 spiro atoms. The largest absolute Gasteiger partial charge is 0.506 e. The maximum atomic E-state index is 9.47. The third kappa shape index (κ3) is 5.29. The lowest BCUT2D eigenvalue weighted by molar-refractivity contribution is 0.477. The third-order valence-corrected chi connectivity index (χ3v) is 5.38. The molecule has 0 saturated heterocycles. The molecule has 0 radical (unpaired) electrons. The Morgan fingerprint density at radius 2 is 0.719 bits per heavy atom. The number of aromatic hydroxyl groups is 2. The minimum absolute atomic E-state index is 0.0221. The molecule has 164 valence electrons. The molecule has 0 amide bonds. The molecule has 4 aromatic carbocycles. The zero-order valence-corrected chi connectivity index (χ0v) is 18.4. The van der Waals surface area contributed by atoms with Crippen molar-refractivity contribution in [2.75, 3.05) is 22.9 Å². The highest BCUT2D eigenvalue weighted by Gasteiger charge is 2.05. The number of phenolic OH excluding ortho intramolecular Hbond substituents is 2. The van der Waals surface area contributed by atoms with E-state index in [0.29, 0.717) is 32.8 Å². The van der Waals surface area contributed by atoms with Crippen LogP contribution in [-0.2, 0) is 0 Å². The van der Waals surface area contributed by atoms with Gasteiger partial charge in [0, 0.05) is 0 Å². The topological polar surface area (TPSA) is 145 Å². The van der Waals surface area contributed by atoms with Crippen LogP contribution < -0.4 is 22.9 Å². The van der Waals surface area contributed by atoms with Gasteiger partial charge in [0.05, 0.1) is 32.8 Å². The van der Waals surface area contributed by atoms with Crippen LogP contribution in [0.2, 0.25) is 10.0 Å². The van der Waals surface area contributed by atoms with Crippen LogP contribution in [0.15, 0.2) is 72.8 Å². The van der Waals surface area contributed by atoms with Crippen molar-refractivity contribution in [3.05, 3.63) is 82.8 Å². The first-order valence-corrected chi connectivity index (χ1v) is 10.2. The van der Waals surface area contributed by atoms with E-state index in [0.717, 1.165) is 22.3 Å². The molecule has 0 aliphatic heterocycles. The van der Waals surface area contributed by atoms with Gasteiger partial charge in [-0.3, -0.25) is 0 Å². The van der Waals surface area contributed by atoms with Crippen LogP contribution in [0, 0.1) is 0 Å². The molecular weight excluding hydrogens is 447 g/mol. The van der Waals surface area contributed by atoms with Gasteiger partial charge in [-0.2, -0.15) is 0 Å². The van der Waals surface area contributed by atoms with Crippen molar-refractivity contribution in [1.82, 2.24) is 0 Å². The smallest absolute Gasteiger partial charge is 0.139 e. The second-order valence-corrected chi connectivity index (χ2v) is 7.83. The van der Waals surface area contributed by atoms with E-state index in [1.54, 1.807) is 60.7 Å². The molecule has 0 aromatic heterocycles. The number of anilines is 4. The normalized spacial score (nSPS) is 10.3. The molecular formula is C24H22Cl2N4O2. The summed E-state index contributed by atoms with van der Waals surface area (Å²) in [5.74, 6) is 0.0441. The first-order valence-electron chi connectivity index (χ1n) is 9.43. The highest BCUT2D eigenvalue weighted by atomic mass is 35.5. The average molecular weight is 469 g/mol. The lowest BCUT2D eigenvalue weighted by atomic mass is 10.0. The summed E-state index contributed by atoms with van der Waals surface area (Å²) in [6, 6.07) is 20.8. The Labute approximate surface area is 195 Å². The summed E-state index contributed by atoms with van der Waals surface area (Å²) in [5.41, 5.74) is 27.5. The van der Waals surface area contributed by atoms with E-state index < -0.39 is 0 Å². The second-order valence-electron chi connectivity index (χ2n) is 7.02. The summed E-state index contributed by atoms with van der Waals surface area (Å²) < 4.78 is 0. The van der Waals surface area contributed by atoms with Crippen LogP contribution in [0.1, 0.15) is 0 Å². The fourth-order valence-electron chi connectivity index (χ4n) is 2.86. The molecule has 6 nitrogen and oxygen atoms in total. The summed E-state index contributed by atoms with van der Waals surface area (Å²) in [5, 5.41) is 20.0. The van der Waals surface area contributed by atoms with Gasteiger partial charge in [0.1, 0.15) is 11.5 Å². The molecule has 0 aliphatic rings. The summed E-state index contributed by atoms with van der Waals surface area (Å²) in [7, 11) is 0. The quantitative estimate of drug-likeness (QED) is 0.163. The molecule has 4 aromatic rings. The SMILES string of the molecule is Nc1ccc(-c2ccc(N)c(Cl)c2)cc1Cl.Nc1ccc(-c2ccc(N)c(O)c2)cc1O. The molecule has 4 rings (SSSR count). The standard InChI is InChI=1S/C12H10Cl2N2.C12H12N2O2/c13-9-5-7(1-3-11(9)15)8-2-4-12(16)10(14)6-8;13-9-3-1-7(5-11(9)15)8-2-4-10(14)12(16)6-8/h1-6H,15-16H2;1-6,15-16H,13-14H2. The molecule has 10 N–H and O–H groups in total. The van der Waals surface area contributed by atoms with E-state index in [4.69, 9.17) is 46.1 Å². The molecule has 32 heavy (non-hydrogen) atoms. The summed E-state index contributed by atoms with van der Waals surface area (Å²) in [6.07, 6.45) is 0. The maximum absolute atomic E-state index is 9.47. The fourth-order valence-corrected chi connectivity index (χ4v) is 3.22. The number of hydrogen-bond donors (Lipinski definition) is 6. The zero-order chi connectivity index (χ0) is 23.4. The Kier molecular flexibility index (Phi) is 6.88. The number of nitrogen functional groups attached to an aromatic ring is 4. The van der Waals surface area contributed by atoms with Gasteiger partial charge in [0.15, 0.2) is 0 Å². The lowest BCUT2D eigenvalue weighted by Crippen LogP contribution is -1.88. The number of phenols is 2. The highest BCUT2D eigenvalue weighted by molar-refractivity contribution is 6.34. The lowest BCUT2D eigenvalue weighted by Gasteiger charge is -2.06. The average Bonchev–Trinajstić information content (AvgIpc) is 2.76. The zero-order valence-electron chi connectivity index (χ0n) is 16.9. The van der Waals surface area contributed by atoms with Crippen molar-refractivity contribution in [1.29, 1.82) is 0 Å². The molecule has 0 atom stereocenters. The third-order valence-electron chi connectivity index (χ3n) is 4.73. The van der Waals surface area contributed by atoms with E-state index in [1.165, 1.54) is 0 Å². The van der Waals surface area contributed by atoms with Crippen LogP contribution in [-0.4, -0.2) is 10.2 Å². The van der Waals surface area contributed by atoms with Crippen LogP contribution in [0.5, 0.6) is 11.5 Å². The number of halogens is 2. The number of hydrogen-bond acceptors (Lipinski definition) is 6. The van der Waals surface area contributed by atoms with E-state index >= 15 is 0 Å². The van der Waals surface area contributed by atoms with Crippen molar-refractivity contribution in [3.8, 4) is 33.8 Å².